The van der Waals surface area contributed by atoms with Gasteiger partial charge >= 0.3 is 0 Å². The largest absolute Gasteiger partial charge is 0.327 e. The highest BCUT2D eigenvalue weighted by Gasteiger charge is 2.26. The van der Waals surface area contributed by atoms with Gasteiger partial charge in [0, 0.05) is 19.1 Å². The molecule has 0 unspecified atom stereocenters. The monoisotopic (exact) mass is 218 g/mol. The predicted octanol–water partition coefficient (Wildman–Crippen LogP) is 2.25. The van der Waals surface area contributed by atoms with Gasteiger partial charge in [-0.05, 0) is 30.9 Å². The molecular formula is C14H22N2. The van der Waals surface area contributed by atoms with Crippen LogP contribution >= 0.6 is 0 Å². The van der Waals surface area contributed by atoms with Crippen molar-refractivity contribution in [3.05, 3.63) is 35.9 Å². The van der Waals surface area contributed by atoms with Crippen molar-refractivity contribution in [2.45, 2.75) is 32.4 Å². The molecule has 2 atom stereocenters. The first-order valence-corrected chi connectivity index (χ1v) is 6.31. The van der Waals surface area contributed by atoms with Crippen molar-refractivity contribution in [3.63, 3.8) is 0 Å². The molecule has 1 aromatic carbocycles. The van der Waals surface area contributed by atoms with Gasteiger partial charge in [-0.1, -0.05) is 37.3 Å². The first-order chi connectivity index (χ1) is 7.79. The molecule has 2 heteroatoms. The van der Waals surface area contributed by atoms with Crippen LogP contribution in [0.25, 0.3) is 0 Å². The summed E-state index contributed by atoms with van der Waals surface area (Å²) in [6.07, 6.45) is 2.37. The van der Waals surface area contributed by atoms with Gasteiger partial charge in [0.05, 0.1) is 0 Å². The molecule has 0 aromatic heterocycles. The molecule has 0 amide bonds. The highest BCUT2D eigenvalue weighted by Crippen LogP contribution is 2.21. The zero-order valence-corrected chi connectivity index (χ0v) is 10.1. The summed E-state index contributed by atoms with van der Waals surface area (Å²) in [6.45, 7) is 5.63. The molecule has 0 radical (unpaired) electrons. The highest BCUT2D eigenvalue weighted by molar-refractivity contribution is 5.14. The molecule has 0 bridgehead atoms. The molecule has 0 aliphatic carbocycles. The third-order valence-electron chi connectivity index (χ3n) is 3.63. The van der Waals surface area contributed by atoms with E-state index in [2.05, 4.69) is 42.2 Å². The van der Waals surface area contributed by atoms with Crippen LogP contribution in [0.5, 0.6) is 0 Å². The summed E-state index contributed by atoms with van der Waals surface area (Å²) in [4.78, 5) is 2.52. The summed E-state index contributed by atoms with van der Waals surface area (Å²) in [7, 11) is 0. The Hall–Kier alpha value is -0.860. The lowest BCUT2D eigenvalue weighted by Gasteiger charge is -2.19. The number of hydrogen-bond acceptors (Lipinski definition) is 2. The minimum Gasteiger partial charge on any atom is -0.327 e. The van der Waals surface area contributed by atoms with E-state index in [9.17, 15) is 0 Å². The lowest BCUT2D eigenvalue weighted by atomic mass is 9.98. The second kappa shape index (κ2) is 5.46. The number of rotatable bonds is 4. The lowest BCUT2D eigenvalue weighted by molar-refractivity contribution is 0.304. The van der Waals surface area contributed by atoms with Gasteiger partial charge < -0.3 is 5.73 Å². The molecule has 1 aliphatic rings. The molecule has 2 nitrogen and oxygen atoms in total. The average molecular weight is 218 g/mol. The Balaban J connectivity index is 1.85. The maximum Gasteiger partial charge on any atom is 0.0233 e. The molecular weight excluding hydrogens is 196 g/mol. The minimum absolute atomic E-state index is 0.390. The van der Waals surface area contributed by atoms with Crippen LogP contribution in [0.4, 0.5) is 0 Å². The van der Waals surface area contributed by atoms with Crippen LogP contribution in [0, 0.1) is 5.92 Å². The molecule has 2 N–H and O–H groups in total. The Morgan fingerprint density at radius 1 is 1.38 bits per heavy atom. The summed E-state index contributed by atoms with van der Waals surface area (Å²) < 4.78 is 0. The van der Waals surface area contributed by atoms with Crippen LogP contribution < -0.4 is 5.73 Å². The van der Waals surface area contributed by atoms with Crippen molar-refractivity contribution in [1.29, 1.82) is 0 Å². The summed E-state index contributed by atoms with van der Waals surface area (Å²) in [5.74, 6) is 0.703. The van der Waals surface area contributed by atoms with Crippen LogP contribution in [0.2, 0.25) is 0 Å². The molecule has 16 heavy (non-hydrogen) atoms. The summed E-state index contributed by atoms with van der Waals surface area (Å²) in [6, 6.07) is 11.1. The molecule has 2 rings (SSSR count). The van der Waals surface area contributed by atoms with Crippen LogP contribution in [0.1, 0.15) is 25.3 Å². The third kappa shape index (κ3) is 2.83. The lowest BCUT2D eigenvalue weighted by Crippen LogP contribution is -2.31. The summed E-state index contributed by atoms with van der Waals surface area (Å²) in [5, 5.41) is 0. The second-order valence-electron chi connectivity index (χ2n) is 4.84. The summed E-state index contributed by atoms with van der Waals surface area (Å²) >= 11 is 0. The number of nitrogens with zero attached hydrogens (tertiary/aromatic N) is 1. The van der Waals surface area contributed by atoms with Gasteiger partial charge in [0.1, 0.15) is 0 Å². The average Bonchev–Trinajstić information content (AvgIpc) is 2.78. The Kier molecular flexibility index (Phi) is 3.97. The Bertz CT molecular complexity index is 310. The molecule has 0 spiro atoms. The number of nitrogens with two attached hydrogens (primary N) is 1. The standard InChI is InChI=1S/C14H22N2/c1-2-14(15)13-8-9-16(11-13)10-12-6-4-3-5-7-12/h3-7,13-14H,2,8-11,15H2,1H3/t13-,14+/m1/s1. The van der Waals surface area contributed by atoms with Gasteiger partial charge in [-0.3, -0.25) is 4.90 Å². The van der Waals surface area contributed by atoms with Gasteiger partial charge in [-0.2, -0.15) is 0 Å². The molecule has 88 valence electrons. The van der Waals surface area contributed by atoms with Crippen LogP contribution in [-0.2, 0) is 6.54 Å². The van der Waals surface area contributed by atoms with Crippen molar-refractivity contribution in [2.24, 2.45) is 11.7 Å². The maximum atomic E-state index is 6.11. The molecule has 1 heterocycles. The fourth-order valence-electron chi connectivity index (χ4n) is 2.53. The Labute approximate surface area is 98.4 Å². The smallest absolute Gasteiger partial charge is 0.0233 e. The van der Waals surface area contributed by atoms with Gasteiger partial charge in [0.2, 0.25) is 0 Å². The van der Waals surface area contributed by atoms with E-state index in [0.717, 1.165) is 13.0 Å². The zero-order chi connectivity index (χ0) is 11.4. The SMILES string of the molecule is CC[C@H](N)[C@@H]1CCN(Cc2ccccc2)C1. The molecule has 0 saturated carbocycles. The summed E-state index contributed by atoms with van der Waals surface area (Å²) in [5.41, 5.74) is 7.52. The number of likely N-dealkylation sites (tertiary alicyclic amines) is 1. The first kappa shape index (κ1) is 11.6. The van der Waals surface area contributed by atoms with Gasteiger partial charge in [-0.15, -0.1) is 0 Å². The van der Waals surface area contributed by atoms with Crippen molar-refractivity contribution < 1.29 is 0 Å². The van der Waals surface area contributed by atoms with E-state index in [1.54, 1.807) is 0 Å². The van der Waals surface area contributed by atoms with Crippen molar-refractivity contribution in [2.75, 3.05) is 13.1 Å². The van der Waals surface area contributed by atoms with E-state index in [1.165, 1.54) is 25.1 Å². The van der Waals surface area contributed by atoms with Gasteiger partial charge in [-0.25, -0.2) is 0 Å². The van der Waals surface area contributed by atoms with Crippen molar-refractivity contribution in [3.8, 4) is 0 Å². The van der Waals surface area contributed by atoms with E-state index in [-0.39, 0.29) is 0 Å². The van der Waals surface area contributed by atoms with Crippen molar-refractivity contribution >= 4 is 0 Å². The minimum atomic E-state index is 0.390. The van der Waals surface area contributed by atoms with E-state index < -0.39 is 0 Å². The van der Waals surface area contributed by atoms with Gasteiger partial charge in [0.25, 0.3) is 0 Å². The third-order valence-corrected chi connectivity index (χ3v) is 3.63. The van der Waals surface area contributed by atoms with Crippen LogP contribution in [-0.4, -0.2) is 24.0 Å². The molecule has 1 fully saturated rings. The highest BCUT2D eigenvalue weighted by atomic mass is 15.1. The predicted molar refractivity (Wildman–Crippen MR) is 68.1 cm³/mol. The Morgan fingerprint density at radius 3 is 2.81 bits per heavy atom. The van der Waals surface area contributed by atoms with E-state index in [1.807, 2.05) is 0 Å². The number of benzene rings is 1. The molecule has 1 aromatic rings. The van der Waals surface area contributed by atoms with E-state index in [0.29, 0.717) is 12.0 Å². The maximum absolute atomic E-state index is 6.11. The fourth-order valence-corrected chi connectivity index (χ4v) is 2.53. The quantitative estimate of drug-likeness (QED) is 0.840. The van der Waals surface area contributed by atoms with E-state index >= 15 is 0 Å². The molecule has 1 saturated heterocycles. The van der Waals surface area contributed by atoms with Crippen molar-refractivity contribution in [1.82, 2.24) is 4.90 Å². The Morgan fingerprint density at radius 2 is 2.12 bits per heavy atom. The van der Waals surface area contributed by atoms with Crippen LogP contribution in [0.15, 0.2) is 30.3 Å². The second-order valence-corrected chi connectivity index (χ2v) is 4.84. The first-order valence-electron chi connectivity index (χ1n) is 6.31. The van der Waals surface area contributed by atoms with Gasteiger partial charge in [0.15, 0.2) is 0 Å². The zero-order valence-electron chi connectivity index (χ0n) is 10.1. The fraction of sp³-hybridized carbons (Fsp3) is 0.571. The number of hydrogen-bond donors (Lipinski definition) is 1. The normalized spacial score (nSPS) is 23.5. The topological polar surface area (TPSA) is 29.3 Å². The molecule has 1 aliphatic heterocycles. The van der Waals surface area contributed by atoms with E-state index in [4.69, 9.17) is 5.73 Å². The van der Waals surface area contributed by atoms with Crippen LogP contribution in [0.3, 0.4) is 0 Å².